The van der Waals surface area contributed by atoms with Crippen molar-refractivity contribution in [3.8, 4) is 19.5 Å². The van der Waals surface area contributed by atoms with E-state index in [9.17, 15) is 29.4 Å². The van der Waals surface area contributed by atoms with Gasteiger partial charge in [-0.2, -0.15) is 0 Å². The number of rotatable bonds is 10. The second kappa shape index (κ2) is 11.3. The Balaban J connectivity index is 1.53. The molecular formula is C30H20O6S3. The highest BCUT2D eigenvalue weighted by Gasteiger charge is 2.23. The molecule has 3 aromatic heterocycles. The molecule has 5 aromatic rings. The molecule has 6 nitrogen and oxygen atoms in total. The molecule has 194 valence electrons. The average molecular weight is 573 g/mol. The third-order valence-electron chi connectivity index (χ3n) is 5.87. The first-order valence-corrected chi connectivity index (χ1v) is 14.2. The number of hydrogen-bond acceptors (Lipinski definition) is 7. The summed E-state index contributed by atoms with van der Waals surface area (Å²) in [7, 11) is 0. The zero-order valence-electron chi connectivity index (χ0n) is 20.2. The summed E-state index contributed by atoms with van der Waals surface area (Å²) >= 11 is 3.86. The summed E-state index contributed by atoms with van der Waals surface area (Å²) in [6, 6.07) is 24.6. The second-order valence-electron chi connectivity index (χ2n) is 8.63. The summed E-state index contributed by atoms with van der Waals surface area (Å²) in [5, 5.41) is 19.0. The van der Waals surface area contributed by atoms with Gasteiger partial charge in [0.05, 0.1) is 22.6 Å². The number of aliphatic carboxylic acids is 2. The summed E-state index contributed by atoms with van der Waals surface area (Å²) in [6.45, 7) is 0. The highest BCUT2D eigenvalue weighted by molar-refractivity contribution is 7.27. The van der Waals surface area contributed by atoms with Crippen LogP contribution in [0.25, 0.3) is 19.5 Å². The number of thiophene rings is 3. The molecule has 0 aliphatic heterocycles. The Morgan fingerprint density at radius 1 is 0.538 bits per heavy atom. The number of hydrogen-bond donors (Lipinski definition) is 2. The Morgan fingerprint density at radius 3 is 1.28 bits per heavy atom. The molecule has 2 aromatic carbocycles. The van der Waals surface area contributed by atoms with E-state index in [4.69, 9.17) is 0 Å². The number of carbonyl (C=O) groups excluding carboxylic acids is 2. The fourth-order valence-corrected chi connectivity index (χ4v) is 7.71. The van der Waals surface area contributed by atoms with Crippen LogP contribution in [0.5, 0.6) is 0 Å². The maximum absolute atomic E-state index is 13.1. The van der Waals surface area contributed by atoms with Crippen LogP contribution in [0.15, 0.2) is 84.9 Å². The molecule has 0 radical (unpaired) electrons. The fraction of sp³-hybridized carbons (Fsp3) is 0.0667. The molecule has 0 atom stereocenters. The van der Waals surface area contributed by atoms with Gasteiger partial charge < -0.3 is 10.2 Å². The van der Waals surface area contributed by atoms with Crippen molar-refractivity contribution in [3.05, 3.63) is 117 Å². The van der Waals surface area contributed by atoms with Crippen molar-refractivity contribution in [3.63, 3.8) is 0 Å². The summed E-state index contributed by atoms with van der Waals surface area (Å²) in [6.07, 6.45) is -0.472. The molecule has 0 fully saturated rings. The van der Waals surface area contributed by atoms with E-state index < -0.39 is 11.9 Å². The number of carboxylic acid groups (broad SMARTS) is 2. The van der Waals surface area contributed by atoms with Crippen molar-refractivity contribution < 1.29 is 29.4 Å². The normalized spacial score (nSPS) is 10.9. The van der Waals surface area contributed by atoms with Crippen LogP contribution in [0, 0.1) is 0 Å². The smallest absolute Gasteiger partial charge is 0.307 e. The van der Waals surface area contributed by atoms with E-state index in [1.807, 2.05) is 24.3 Å². The molecular weight excluding hydrogens is 553 g/mol. The maximum Gasteiger partial charge on any atom is 0.307 e. The van der Waals surface area contributed by atoms with Crippen LogP contribution < -0.4 is 0 Å². The van der Waals surface area contributed by atoms with Crippen molar-refractivity contribution >= 4 is 57.5 Å². The minimum atomic E-state index is -1.00. The lowest BCUT2D eigenvalue weighted by Crippen LogP contribution is -2.00. The monoisotopic (exact) mass is 572 g/mol. The van der Waals surface area contributed by atoms with Crippen LogP contribution >= 0.6 is 34.0 Å². The van der Waals surface area contributed by atoms with Crippen LogP contribution in [0.4, 0.5) is 0 Å². The average Bonchev–Trinajstić information content (AvgIpc) is 3.67. The Kier molecular flexibility index (Phi) is 7.65. The maximum atomic E-state index is 13.1. The zero-order chi connectivity index (χ0) is 27.5. The lowest BCUT2D eigenvalue weighted by atomic mass is 10.1. The molecule has 0 aliphatic carbocycles. The van der Waals surface area contributed by atoms with E-state index in [1.165, 1.54) is 34.0 Å². The lowest BCUT2D eigenvalue weighted by molar-refractivity contribution is -0.137. The minimum Gasteiger partial charge on any atom is -0.481 e. The molecule has 0 aliphatic rings. The van der Waals surface area contributed by atoms with Gasteiger partial charge in [0.15, 0.2) is 0 Å². The van der Waals surface area contributed by atoms with Crippen LogP contribution in [-0.4, -0.2) is 33.7 Å². The number of ketones is 2. The standard InChI is InChI=1S/C30H20O6S3/c31-25(32)15-19-13-23(27(35)17-7-3-1-4-8-17)38-29(19)21-11-12-22(37-21)30-20(16-26(33)34)14-24(39-30)28(36)18-9-5-2-6-10-18/h1-14H,15-16H2,(H,31,32)(H,33,34). The van der Waals surface area contributed by atoms with Gasteiger partial charge in [0.1, 0.15) is 0 Å². The first kappa shape index (κ1) is 26.4. The molecule has 39 heavy (non-hydrogen) atoms. The summed E-state index contributed by atoms with van der Waals surface area (Å²) in [4.78, 5) is 53.1. The number of carbonyl (C=O) groups is 4. The summed E-state index contributed by atoms with van der Waals surface area (Å²) in [5.74, 6) is -2.37. The quantitative estimate of drug-likeness (QED) is 0.176. The van der Waals surface area contributed by atoms with Crippen molar-refractivity contribution in [1.29, 1.82) is 0 Å². The first-order valence-electron chi connectivity index (χ1n) is 11.8. The van der Waals surface area contributed by atoms with Crippen LogP contribution in [0.3, 0.4) is 0 Å². The van der Waals surface area contributed by atoms with Gasteiger partial charge in [-0.05, 0) is 35.4 Å². The highest BCUT2D eigenvalue weighted by atomic mass is 32.1. The van der Waals surface area contributed by atoms with Gasteiger partial charge in [0.25, 0.3) is 0 Å². The SMILES string of the molecule is O=C(O)Cc1cc(C(=O)c2ccccc2)sc1-c1ccc(-c2sc(C(=O)c3ccccc3)cc2CC(=O)O)s1. The van der Waals surface area contributed by atoms with Crippen LogP contribution in [-0.2, 0) is 22.4 Å². The van der Waals surface area contributed by atoms with E-state index in [0.717, 1.165) is 9.75 Å². The van der Waals surface area contributed by atoms with E-state index >= 15 is 0 Å². The van der Waals surface area contributed by atoms with Gasteiger partial charge in [-0.3, -0.25) is 19.2 Å². The molecule has 0 unspecified atom stereocenters. The van der Waals surface area contributed by atoms with E-state index in [1.54, 1.807) is 60.7 Å². The summed E-state index contributed by atoms with van der Waals surface area (Å²) < 4.78 is 0. The van der Waals surface area contributed by atoms with E-state index in [0.29, 0.717) is 41.8 Å². The second-order valence-corrected chi connectivity index (χ2v) is 11.8. The Hall–Kier alpha value is -4.18. The fourth-order valence-electron chi connectivity index (χ4n) is 4.13. The molecule has 0 amide bonds. The van der Waals surface area contributed by atoms with Crippen LogP contribution in [0.2, 0.25) is 0 Å². The first-order chi connectivity index (χ1) is 18.8. The minimum absolute atomic E-state index is 0.179. The zero-order valence-corrected chi connectivity index (χ0v) is 22.7. The predicted molar refractivity (Wildman–Crippen MR) is 153 cm³/mol. The Labute approximate surface area is 235 Å². The van der Waals surface area contributed by atoms with Crippen LogP contribution in [0.1, 0.15) is 41.6 Å². The number of benzene rings is 2. The van der Waals surface area contributed by atoms with Gasteiger partial charge in [0, 0.05) is 30.6 Å². The van der Waals surface area contributed by atoms with Gasteiger partial charge >= 0.3 is 11.9 Å². The molecule has 0 spiro atoms. The van der Waals surface area contributed by atoms with Crippen molar-refractivity contribution in [2.75, 3.05) is 0 Å². The van der Waals surface area contributed by atoms with E-state index in [2.05, 4.69) is 0 Å². The third-order valence-corrected chi connectivity index (χ3v) is 9.67. The van der Waals surface area contributed by atoms with Gasteiger partial charge in [-0.15, -0.1) is 34.0 Å². The molecule has 9 heteroatoms. The Morgan fingerprint density at radius 2 is 0.923 bits per heavy atom. The van der Waals surface area contributed by atoms with Crippen molar-refractivity contribution in [1.82, 2.24) is 0 Å². The number of carboxylic acids is 2. The largest absolute Gasteiger partial charge is 0.481 e. The predicted octanol–water partition coefficient (Wildman–Crippen LogP) is 6.92. The molecule has 3 heterocycles. The summed E-state index contributed by atoms with van der Waals surface area (Å²) in [5.41, 5.74) is 2.12. The molecule has 0 bridgehead atoms. The van der Waals surface area contributed by atoms with Gasteiger partial charge in [0.2, 0.25) is 11.6 Å². The van der Waals surface area contributed by atoms with E-state index in [-0.39, 0.29) is 24.4 Å². The lowest BCUT2D eigenvalue weighted by Gasteiger charge is -1.99. The van der Waals surface area contributed by atoms with Crippen molar-refractivity contribution in [2.45, 2.75) is 12.8 Å². The molecule has 5 rings (SSSR count). The molecule has 0 saturated carbocycles. The highest BCUT2D eigenvalue weighted by Crippen LogP contribution is 2.44. The van der Waals surface area contributed by atoms with Gasteiger partial charge in [-0.25, -0.2) is 0 Å². The Bertz CT molecular complexity index is 1570. The molecule has 0 saturated heterocycles. The van der Waals surface area contributed by atoms with Gasteiger partial charge in [-0.1, -0.05) is 60.7 Å². The topological polar surface area (TPSA) is 109 Å². The third kappa shape index (κ3) is 5.80. The van der Waals surface area contributed by atoms with Crippen molar-refractivity contribution in [2.24, 2.45) is 0 Å². The molecule has 2 N–H and O–H groups in total.